The number of carbonyl (C=O) groups excluding carboxylic acids is 1. The molecule has 2 N–H and O–H groups in total. The van der Waals surface area contributed by atoms with Crippen LogP contribution in [0, 0.1) is 0 Å². The van der Waals surface area contributed by atoms with E-state index in [4.69, 9.17) is 17.3 Å². The lowest BCUT2D eigenvalue weighted by molar-refractivity contribution is -0.132. The van der Waals surface area contributed by atoms with E-state index in [1.165, 1.54) is 5.56 Å². The third-order valence-corrected chi connectivity index (χ3v) is 4.96. The van der Waals surface area contributed by atoms with Crippen LogP contribution in [-0.2, 0) is 11.3 Å². The fourth-order valence-electron chi connectivity index (χ4n) is 3.69. The molecule has 19 heavy (non-hydrogen) atoms. The third kappa shape index (κ3) is 2.15. The van der Waals surface area contributed by atoms with Crippen molar-refractivity contribution in [1.82, 2.24) is 4.90 Å². The first-order chi connectivity index (χ1) is 9.12. The van der Waals surface area contributed by atoms with Crippen LogP contribution < -0.4 is 5.73 Å². The number of alkyl halides is 1. The zero-order chi connectivity index (χ0) is 13.5. The van der Waals surface area contributed by atoms with Crippen LogP contribution in [0.1, 0.15) is 31.2 Å². The molecule has 2 fully saturated rings. The Hall–Kier alpha value is -1.06. The molecular formula is C15H19ClN2O. The number of nitrogens with zero attached hydrogens (tertiary/aromatic N) is 1. The van der Waals surface area contributed by atoms with Crippen molar-refractivity contribution in [2.24, 2.45) is 5.73 Å². The maximum Gasteiger partial charge on any atom is 0.238 e. The summed E-state index contributed by atoms with van der Waals surface area (Å²) >= 11 is 6.31. The number of rotatable bonds is 3. The lowest BCUT2D eigenvalue weighted by Gasteiger charge is -2.44. The minimum atomic E-state index is -0.523. The van der Waals surface area contributed by atoms with Crippen LogP contribution in [0.3, 0.4) is 0 Å². The average Bonchev–Trinajstić information content (AvgIpc) is 2.61. The van der Waals surface area contributed by atoms with E-state index in [-0.39, 0.29) is 11.3 Å². The predicted octanol–water partition coefficient (Wildman–Crippen LogP) is 2.28. The van der Waals surface area contributed by atoms with E-state index in [0.29, 0.717) is 12.5 Å². The summed E-state index contributed by atoms with van der Waals surface area (Å²) < 4.78 is 0. The highest BCUT2D eigenvalue weighted by atomic mass is 35.5. The summed E-state index contributed by atoms with van der Waals surface area (Å²) in [5.41, 5.74) is 6.41. The highest BCUT2D eigenvalue weighted by molar-refractivity contribution is 6.21. The summed E-state index contributed by atoms with van der Waals surface area (Å²) in [4.78, 5) is 14.3. The fraction of sp³-hybridized carbons (Fsp3) is 0.533. The largest absolute Gasteiger partial charge is 0.368 e. The van der Waals surface area contributed by atoms with Gasteiger partial charge < -0.3 is 5.73 Å². The van der Waals surface area contributed by atoms with Crippen molar-refractivity contribution >= 4 is 17.5 Å². The zero-order valence-corrected chi connectivity index (χ0v) is 11.6. The van der Waals surface area contributed by atoms with Crippen LogP contribution in [0.5, 0.6) is 0 Å². The molecule has 3 unspecified atom stereocenters. The molecule has 2 aliphatic rings. The monoisotopic (exact) mass is 278 g/mol. The second-order valence-electron chi connectivity index (χ2n) is 5.74. The maximum atomic E-state index is 12.0. The van der Waals surface area contributed by atoms with Crippen LogP contribution >= 0.6 is 11.6 Å². The van der Waals surface area contributed by atoms with Gasteiger partial charge in [-0.1, -0.05) is 30.3 Å². The summed E-state index contributed by atoms with van der Waals surface area (Å²) in [5.74, 6) is -0.212. The normalized spacial score (nSPS) is 34.4. The van der Waals surface area contributed by atoms with E-state index in [9.17, 15) is 4.79 Å². The van der Waals surface area contributed by atoms with Gasteiger partial charge in [-0.3, -0.25) is 9.69 Å². The van der Waals surface area contributed by atoms with E-state index in [0.717, 1.165) is 25.8 Å². The number of nitrogens with two attached hydrogens (primary N) is 1. The number of primary amides is 1. The number of piperidine rings is 1. The van der Waals surface area contributed by atoms with Gasteiger partial charge in [0.2, 0.25) is 5.91 Å². The van der Waals surface area contributed by atoms with Crippen molar-refractivity contribution in [2.45, 2.75) is 49.2 Å². The molecule has 4 heteroatoms. The molecule has 102 valence electrons. The van der Waals surface area contributed by atoms with Crippen LogP contribution in [-0.4, -0.2) is 27.8 Å². The molecule has 1 aromatic carbocycles. The van der Waals surface area contributed by atoms with Gasteiger partial charge in [-0.15, -0.1) is 11.6 Å². The first-order valence-electron chi connectivity index (χ1n) is 6.86. The van der Waals surface area contributed by atoms with Crippen molar-refractivity contribution in [3.05, 3.63) is 35.9 Å². The molecular weight excluding hydrogens is 260 g/mol. The summed E-state index contributed by atoms with van der Waals surface area (Å²) in [5, 5.41) is 0.0759. The maximum absolute atomic E-state index is 12.0. The lowest BCUT2D eigenvalue weighted by atomic mass is 9.86. The minimum absolute atomic E-state index is 0.0759. The predicted molar refractivity (Wildman–Crippen MR) is 75.8 cm³/mol. The second kappa shape index (κ2) is 4.80. The molecule has 0 aromatic heterocycles. The van der Waals surface area contributed by atoms with E-state index in [2.05, 4.69) is 17.0 Å². The topological polar surface area (TPSA) is 46.3 Å². The van der Waals surface area contributed by atoms with Gasteiger partial charge in [0.15, 0.2) is 0 Å². The molecule has 0 spiro atoms. The fourth-order valence-corrected chi connectivity index (χ4v) is 4.15. The number of benzene rings is 1. The molecule has 3 rings (SSSR count). The molecule has 1 amide bonds. The summed E-state index contributed by atoms with van der Waals surface area (Å²) in [6.45, 7) is 0.790. The Morgan fingerprint density at radius 2 is 2.16 bits per heavy atom. The van der Waals surface area contributed by atoms with Crippen molar-refractivity contribution in [3.8, 4) is 0 Å². The Kier molecular flexibility index (Phi) is 3.27. The number of carbonyl (C=O) groups is 1. The van der Waals surface area contributed by atoms with Gasteiger partial charge in [0.05, 0.1) is 0 Å². The van der Waals surface area contributed by atoms with E-state index in [1.54, 1.807) is 0 Å². The lowest BCUT2D eigenvalue weighted by Crippen LogP contribution is -2.59. The Morgan fingerprint density at radius 3 is 2.84 bits per heavy atom. The van der Waals surface area contributed by atoms with Crippen molar-refractivity contribution in [3.63, 3.8) is 0 Å². The molecule has 2 heterocycles. The molecule has 2 saturated heterocycles. The smallest absolute Gasteiger partial charge is 0.238 e. The number of hydrogen-bond donors (Lipinski definition) is 1. The highest BCUT2D eigenvalue weighted by Gasteiger charge is 2.54. The Labute approximate surface area is 118 Å². The molecule has 2 bridgehead atoms. The van der Waals surface area contributed by atoms with E-state index in [1.807, 2.05) is 18.2 Å². The number of hydrogen-bond acceptors (Lipinski definition) is 2. The summed E-state index contributed by atoms with van der Waals surface area (Å²) in [7, 11) is 0. The van der Waals surface area contributed by atoms with Gasteiger partial charge in [0.25, 0.3) is 0 Å². The quantitative estimate of drug-likeness (QED) is 0.862. The van der Waals surface area contributed by atoms with Gasteiger partial charge in [-0.2, -0.15) is 0 Å². The standard InChI is InChI=1S/C15H19ClN2O/c16-12-8-13-6-7-15(9-12,14(17)19)18(13)10-11-4-2-1-3-5-11/h1-5,12-13H,6-10H2,(H2,17,19). The number of halogens is 1. The summed E-state index contributed by atoms with van der Waals surface area (Å²) in [6.07, 6.45) is 3.53. The van der Waals surface area contributed by atoms with Crippen LogP contribution in [0.15, 0.2) is 30.3 Å². The van der Waals surface area contributed by atoms with Crippen molar-refractivity contribution in [2.75, 3.05) is 0 Å². The first kappa shape index (κ1) is 12.9. The molecule has 1 aromatic rings. The molecule has 0 saturated carbocycles. The molecule has 3 atom stereocenters. The number of amides is 1. The third-order valence-electron chi connectivity index (χ3n) is 4.62. The Balaban J connectivity index is 1.89. The first-order valence-corrected chi connectivity index (χ1v) is 7.30. The van der Waals surface area contributed by atoms with E-state index >= 15 is 0 Å². The van der Waals surface area contributed by atoms with Crippen LogP contribution in [0.25, 0.3) is 0 Å². The van der Waals surface area contributed by atoms with Crippen molar-refractivity contribution < 1.29 is 4.79 Å². The minimum Gasteiger partial charge on any atom is -0.368 e. The van der Waals surface area contributed by atoms with Crippen LogP contribution in [0.4, 0.5) is 0 Å². The van der Waals surface area contributed by atoms with Gasteiger partial charge in [0.1, 0.15) is 5.54 Å². The molecule has 0 radical (unpaired) electrons. The second-order valence-corrected chi connectivity index (χ2v) is 6.36. The Morgan fingerprint density at radius 1 is 1.42 bits per heavy atom. The van der Waals surface area contributed by atoms with E-state index < -0.39 is 5.54 Å². The van der Waals surface area contributed by atoms with Gasteiger partial charge >= 0.3 is 0 Å². The molecule has 0 aliphatic carbocycles. The SMILES string of the molecule is NC(=O)C12CCC(CC(Cl)C1)N2Cc1ccccc1. The van der Waals surface area contributed by atoms with Gasteiger partial charge in [-0.05, 0) is 31.2 Å². The van der Waals surface area contributed by atoms with Gasteiger partial charge in [0, 0.05) is 18.0 Å². The van der Waals surface area contributed by atoms with Crippen molar-refractivity contribution in [1.29, 1.82) is 0 Å². The average molecular weight is 279 g/mol. The highest BCUT2D eigenvalue weighted by Crippen LogP contribution is 2.46. The van der Waals surface area contributed by atoms with Crippen LogP contribution in [0.2, 0.25) is 0 Å². The van der Waals surface area contributed by atoms with Gasteiger partial charge in [-0.25, -0.2) is 0 Å². The molecule has 3 nitrogen and oxygen atoms in total. The zero-order valence-electron chi connectivity index (χ0n) is 10.9. The number of fused-ring (bicyclic) bond motifs is 2. The summed E-state index contributed by atoms with van der Waals surface area (Å²) in [6, 6.07) is 10.7. The Bertz CT molecular complexity index is 478. The molecule has 2 aliphatic heterocycles.